The zero-order valence-electron chi connectivity index (χ0n) is 16.0. The van der Waals surface area contributed by atoms with Gasteiger partial charge in [0.2, 0.25) is 0 Å². The fraction of sp³-hybridized carbons (Fsp3) is 0.684. The van der Waals surface area contributed by atoms with Gasteiger partial charge in [0, 0.05) is 31.7 Å². The Kier molecular flexibility index (Phi) is 4.86. The van der Waals surface area contributed by atoms with Gasteiger partial charge in [0.05, 0.1) is 11.0 Å². The number of ether oxygens (including phenoxy) is 2. The zero-order valence-corrected chi connectivity index (χ0v) is 16.0. The Balaban J connectivity index is 1.76. The van der Waals surface area contributed by atoms with E-state index in [-0.39, 0.29) is 23.1 Å². The third-order valence-corrected chi connectivity index (χ3v) is 5.54. The van der Waals surface area contributed by atoms with Crippen molar-refractivity contribution >= 4 is 11.5 Å². The van der Waals surface area contributed by atoms with Gasteiger partial charge < -0.3 is 14.4 Å². The second kappa shape index (κ2) is 6.68. The number of rotatable bonds is 6. The minimum atomic E-state index is -0.443. The van der Waals surface area contributed by atoms with Crippen LogP contribution < -0.4 is 9.64 Å². The predicted octanol–water partition coefficient (Wildman–Crippen LogP) is 3.62. The van der Waals surface area contributed by atoms with E-state index in [4.69, 9.17) is 9.47 Å². The Morgan fingerprint density at radius 1 is 1.42 bits per heavy atom. The first kappa shape index (κ1) is 18.9. The number of aromatic nitrogens is 1. The van der Waals surface area contributed by atoms with Crippen LogP contribution >= 0.6 is 0 Å². The Morgan fingerprint density at radius 2 is 2.08 bits per heavy atom. The van der Waals surface area contributed by atoms with Crippen molar-refractivity contribution in [3.63, 3.8) is 0 Å². The van der Waals surface area contributed by atoms with Crippen LogP contribution in [0.4, 0.5) is 11.5 Å². The molecule has 0 aromatic carbocycles. The molecule has 1 unspecified atom stereocenters. The van der Waals surface area contributed by atoms with Crippen LogP contribution in [0, 0.1) is 27.9 Å². The standard InChI is InChI=1S/C19H28N3O4/c1-6-15(18(2,3)4)26-17-14(22(23)24)7-8-16(20-17)21-11-19(12-21)9-13(10-19)25-5/h7-8,13,15H,1,6,9-12H2,2-5H3. The van der Waals surface area contributed by atoms with Crippen LogP contribution in [0.25, 0.3) is 0 Å². The molecule has 2 aliphatic rings. The molecular formula is C19H28N3O4. The number of anilines is 1. The normalized spacial score (nSPS) is 20.4. The molecule has 143 valence electrons. The lowest BCUT2D eigenvalue weighted by Gasteiger charge is -2.58. The largest absolute Gasteiger partial charge is 0.469 e. The molecule has 0 bridgehead atoms. The molecule has 1 atom stereocenters. The summed E-state index contributed by atoms with van der Waals surface area (Å²) in [6.45, 7) is 11.8. The molecule has 1 aliphatic heterocycles. The third kappa shape index (κ3) is 3.49. The van der Waals surface area contributed by atoms with Crippen LogP contribution in [-0.2, 0) is 4.74 Å². The number of nitrogens with zero attached hydrogens (tertiary/aromatic N) is 3. The maximum Gasteiger partial charge on any atom is 0.331 e. The molecule has 2 fully saturated rings. The molecule has 1 saturated heterocycles. The van der Waals surface area contributed by atoms with Gasteiger partial charge in [-0.3, -0.25) is 10.1 Å². The van der Waals surface area contributed by atoms with Gasteiger partial charge in [-0.15, -0.1) is 0 Å². The van der Waals surface area contributed by atoms with Crippen molar-refractivity contribution < 1.29 is 14.4 Å². The van der Waals surface area contributed by atoms with Crippen LogP contribution in [0.15, 0.2) is 12.1 Å². The third-order valence-electron chi connectivity index (χ3n) is 5.54. The second-order valence-corrected chi connectivity index (χ2v) is 8.63. The van der Waals surface area contributed by atoms with E-state index in [2.05, 4.69) is 16.8 Å². The Hall–Kier alpha value is -1.89. The van der Waals surface area contributed by atoms with Crippen molar-refractivity contribution in [2.45, 2.75) is 52.2 Å². The van der Waals surface area contributed by atoms with Crippen molar-refractivity contribution in [1.29, 1.82) is 0 Å². The summed E-state index contributed by atoms with van der Waals surface area (Å²) in [5, 5.41) is 11.4. The van der Waals surface area contributed by atoms with E-state index in [1.807, 2.05) is 20.8 Å². The maximum atomic E-state index is 11.4. The first-order valence-electron chi connectivity index (χ1n) is 9.06. The van der Waals surface area contributed by atoms with Crippen LogP contribution in [0.3, 0.4) is 0 Å². The maximum absolute atomic E-state index is 11.4. The number of nitro groups is 1. The van der Waals surface area contributed by atoms with Crippen molar-refractivity contribution in [3.8, 4) is 5.88 Å². The topological polar surface area (TPSA) is 77.7 Å². The Bertz CT molecular complexity index is 672. The average Bonchev–Trinajstić information content (AvgIpc) is 2.49. The van der Waals surface area contributed by atoms with Gasteiger partial charge in [0.1, 0.15) is 11.9 Å². The fourth-order valence-electron chi connectivity index (χ4n) is 3.89. The summed E-state index contributed by atoms with van der Waals surface area (Å²) in [5.41, 5.74) is 0.0385. The van der Waals surface area contributed by atoms with Crippen LogP contribution in [0.2, 0.25) is 0 Å². The summed E-state index contributed by atoms with van der Waals surface area (Å²) in [7, 11) is 1.75. The summed E-state index contributed by atoms with van der Waals surface area (Å²) in [4.78, 5) is 17.6. The summed E-state index contributed by atoms with van der Waals surface area (Å²) in [5.74, 6) is 0.814. The van der Waals surface area contributed by atoms with Crippen molar-refractivity contribution in [2.24, 2.45) is 10.8 Å². The molecule has 26 heavy (non-hydrogen) atoms. The summed E-state index contributed by atoms with van der Waals surface area (Å²) < 4.78 is 11.3. The summed E-state index contributed by atoms with van der Waals surface area (Å²) in [6.07, 6.45) is 2.78. The average molecular weight is 362 g/mol. The molecule has 7 nitrogen and oxygen atoms in total. The number of methoxy groups -OCH3 is 1. The van der Waals surface area contributed by atoms with Crippen LogP contribution in [0.1, 0.15) is 40.0 Å². The minimum absolute atomic E-state index is 0.0837. The predicted molar refractivity (Wildman–Crippen MR) is 99.4 cm³/mol. The first-order chi connectivity index (χ1) is 12.2. The number of hydrogen-bond acceptors (Lipinski definition) is 6. The highest BCUT2D eigenvalue weighted by atomic mass is 16.6. The Labute approximate surface area is 154 Å². The number of pyridine rings is 1. The number of hydrogen-bond donors (Lipinski definition) is 0. The SMILES string of the molecule is [CH2]CC(Oc1nc(N2CC3(CC(OC)C3)C2)ccc1[N+](=O)[O-])C(C)(C)C. The van der Waals surface area contributed by atoms with E-state index in [9.17, 15) is 10.1 Å². The highest BCUT2D eigenvalue weighted by molar-refractivity contribution is 5.52. The molecule has 0 N–H and O–H groups in total. The van der Waals surface area contributed by atoms with Gasteiger partial charge in [0.25, 0.3) is 5.88 Å². The van der Waals surface area contributed by atoms with E-state index in [0.717, 1.165) is 31.7 Å². The highest BCUT2D eigenvalue weighted by Crippen LogP contribution is 2.50. The first-order valence-corrected chi connectivity index (χ1v) is 9.06. The lowest BCUT2D eigenvalue weighted by Crippen LogP contribution is -2.64. The second-order valence-electron chi connectivity index (χ2n) is 8.63. The molecule has 1 aromatic rings. The molecule has 1 aliphatic carbocycles. The summed E-state index contributed by atoms with van der Waals surface area (Å²) in [6, 6.07) is 3.20. The van der Waals surface area contributed by atoms with E-state index >= 15 is 0 Å². The lowest BCUT2D eigenvalue weighted by molar-refractivity contribution is -0.386. The van der Waals surface area contributed by atoms with E-state index in [1.165, 1.54) is 6.07 Å². The molecule has 0 amide bonds. The molecule has 3 rings (SSSR count). The molecule has 1 spiro atoms. The quantitative estimate of drug-likeness (QED) is 0.568. The van der Waals surface area contributed by atoms with Gasteiger partial charge in [-0.05, 0) is 37.7 Å². The van der Waals surface area contributed by atoms with Crippen molar-refractivity contribution in [3.05, 3.63) is 29.2 Å². The van der Waals surface area contributed by atoms with Crippen molar-refractivity contribution in [1.82, 2.24) is 4.98 Å². The molecule has 2 heterocycles. The zero-order chi connectivity index (χ0) is 19.1. The van der Waals surface area contributed by atoms with Gasteiger partial charge in [0.15, 0.2) is 0 Å². The molecule has 1 saturated carbocycles. The molecule has 1 radical (unpaired) electrons. The molecule has 1 aromatic heterocycles. The van der Waals surface area contributed by atoms with Gasteiger partial charge in [-0.2, -0.15) is 4.98 Å². The van der Waals surface area contributed by atoms with Crippen LogP contribution in [0.5, 0.6) is 5.88 Å². The smallest absolute Gasteiger partial charge is 0.331 e. The molecule has 7 heteroatoms. The minimum Gasteiger partial charge on any atom is -0.469 e. The van der Waals surface area contributed by atoms with Gasteiger partial charge in [-0.25, -0.2) is 0 Å². The Morgan fingerprint density at radius 3 is 2.58 bits per heavy atom. The van der Waals surface area contributed by atoms with E-state index in [1.54, 1.807) is 13.2 Å². The van der Waals surface area contributed by atoms with Crippen molar-refractivity contribution in [2.75, 3.05) is 25.1 Å². The van der Waals surface area contributed by atoms with Gasteiger partial charge >= 0.3 is 5.69 Å². The van der Waals surface area contributed by atoms with E-state index < -0.39 is 4.92 Å². The van der Waals surface area contributed by atoms with Crippen LogP contribution in [-0.4, -0.2) is 42.3 Å². The summed E-state index contributed by atoms with van der Waals surface area (Å²) >= 11 is 0. The highest BCUT2D eigenvalue weighted by Gasteiger charge is 2.53. The van der Waals surface area contributed by atoms with E-state index in [0.29, 0.717) is 17.9 Å². The molecular weight excluding hydrogens is 334 g/mol. The monoisotopic (exact) mass is 362 g/mol. The fourth-order valence-corrected chi connectivity index (χ4v) is 3.89. The van der Waals surface area contributed by atoms with Gasteiger partial charge in [-0.1, -0.05) is 20.8 Å². The lowest BCUT2D eigenvalue weighted by atomic mass is 9.62.